The molecule has 0 unspecified atom stereocenters. The predicted molar refractivity (Wildman–Crippen MR) is 62.2 cm³/mol. The number of aromatic nitrogens is 2. The molecule has 0 amide bonds. The highest BCUT2D eigenvalue weighted by atomic mass is 16.3. The number of aliphatic hydroxyl groups excluding tert-OH is 1. The van der Waals surface area contributed by atoms with Gasteiger partial charge in [0.2, 0.25) is 0 Å². The minimum absolute atomic E-state index is 0.470. The third-order valence-electron chi connectivity index (χ3n) is 2.45. The Morgan fingerprint density at radius 3 is 2.75 bits per heavy atom. The van der Waals surface area contributed by atoms with E-state index in [0.29, 0.717) is 13.0 Å². The van der Waals surface area contributed by atoms with Gasteiger partial charge < -0.3 is 10.8 Å². The topological polar surface area (TPSA) is 64.1 Å². The zero-order chi connectivity index (χ0) is 11.4. The normalized spacial score (nSPS) is 12.6. The van der Waals surface area contributed by atoms with Crippen LogP contribution >= 0.6 is 0 Å². The van der Waals surface area contributed by atoms with Gasteiger partial charge in [0.05, 0.1) is 18.0 Å². The molecule has 0 aliphatic rings. The number of aliphatic hydroxyl groups is 1. The van der Waals surface area contributed by atoms with E-state index in [4.69, 9.17) is 5.73 Å². The van der Waals surface area contributed by atoms with Crippen LogP contribution in [-0.2, 0) is 0 Å². The van der Waals surface area contributed by atoms with Crippen molar-refractivity contribution in [1.29, 1.82) is 0 Å². The van der Waals surface area contributed by atoms with Crippen LogP contribution in [-0.4, -0.2) is 21.4 Å². The van der Waals surface area contributed by atoms with Crippen LogP contribution in [0, 0.1) is 0 Å². The van der Waals surface area contributed by atoms with E-state index >= 15 is 0 Å². The quantitative estimate of drug-likeness (QED) is 0.810. The van der Waals surface area contributed by atoms with Gasteiger partial charge in [-0.3, -0.25) is 0 Å². The molecule has 0 fully saturated rings. The summed E-state index contributed by atoms with van der Waals surface area (Å²) in [5.74, 6) is 0. The van der Waals surface area contributed by atoms with E-state index in [2.05, 4.69) is 5.10 Å². The maximum Gasteiger partial charge on any atom is 0.0832 e. The highest BCUT2D eigenvalue weighted by Crippen LogP contribution is 2.16. The minimum Gasteiger partial charge on any atom is -0.388 e. The smallest absolute Gasteiger partial charge is 0.0832 e. The van der Waals surface area contributed by atoms with Crippen molar-refractivity contribution in [3.8, 4) is 5.69 Å². The monoisotopic (exact) mass is 217 g/mol. The van der Waals surface area contributed by atoms with E-state index in [0.717, 1.165) is 11.3 Å². The second kappa shape index (κ2) is 4.92. The minimum atomic E-state index is -0.525. The molecule has 1 aromatic heterocycles. The number of nitrogens with two attached hydrogens (primary N) is 1. The molecular weight excluding hydrogens is 202 g/mol. The average molecular weight is 217 g/mol. The number of rotatable bonds is 4. The first-order chi connectivity index (χ1) is 7.81. The molecule has 84 valence electrons. The van der Waals surface area contributed by atoms with E-state index in [1.54, 1.807) is 10.9 Å². The maximum atomic E-state index is 9.75. The third kappa shape index (κ3) is 2.29. The SMILES string of the molecule is NCC[C@@H](O)c1cnn(-c2ccccc2)c1. The van der Waals surface area contributed by atoms with E-state index in [1.807, 2.05) is 36.5 Å². The summed E-state index contributed by atoms with van der Waals surface area (Å²) in [4.78, 5) is 0. The third-order valence-corrected chi connectivity index (χ3v) is 2.45. The lowest BCUT2D eigenvalue weighted by molar-refractivity contribution is 0.170. The van der Waals surface area contributed by atoms with Gasteiger partial charge in [0, 0.05) is 11.8 Å². The average Bonchev–Trinajstić information content (AvgIpc) is 2.80. The number of benzene rings is 1. The number of hydrogen-bond acceptors (Lipinski definition) is 3. The van der Waals surface area contributed by atoms with Gasteiger partial charge in [-0.1, -0.05) is 18.2 Å². The maximum absolute atomic E-state index is 9.75. The molecule has 0 aliphatic heterocycles. The van der Waals surface area contributed by atoms with E-state index in [-0.39, 0.29) is 0 Å². The molecule has 0 bridgehead atoms. The van der Waals surface area contributed by atoms with Crippen LogP contribution in [0.3, 0.4) is 0 Å². The molecule has 2 rings (SSSR count). The molecule has 4 nitrogen and oxygen atoms in total. The van der Waals surface area contributed by atoms with Gasteiger partial charge in [0.15, 0.2) is 0 Å². The first-order valence-electron chi connectivity index (χ1n) is 5.29. The molecule has 1 aromatic carbocycles. The van der Waals surface area contributed by atoms with Crippen LogP contribution < -0.4 is 5.73 Å². The van der Waals surface area contributed by atoms with Crippen molar-refractivity contribution in [3.05, 3.63) is 48.3 Å². The van der Waals surface area contributed by atoms with Gasteiger partial charge in [-0.15, -0.1) is 0 Å². The van der Waals surface area contributed by atoms with Gasteiger partial charge in [-0.05, 0) is 25.1 Å². The molecule has 1 atom stereocenters. The molecule has 4 heteroatoms. The second-order valence-electron chi connectivity index (χ2n) is 3.65. The predicted octanol–water partition coefficient (Wildman–Crippen LogP) is 1.25. The zero-order valence-corrected chi connectivity index (χ0v) is 8.95. The fraction of sp³-hybridized carbons (Fsp3) is 0.250. The van der Waals surface area contributed by atoms with E-state index in [1.165, 1.54) is 0 Å². The van der Waals surface area contributed by atoms with Crippen LogP contribution in [0.2, 0.25) is 0 Å². The first-order valence-corrected chi connectivity index (χ1v) is 5.29. The summed E-state index contributed by atoms with van der Waals surface area (Å²) in [6.07, 6.45) is 3.53. The lowest BCUT2D eigenvalue weighted by Crippen LogP contribution is -2.05. The molecule has 0 saturated heterocycles. The van der Waals surface area contributed by atoms with Crippen molar-refractivity contribution in [2.75, 3.05) is 6.54 Å². The Morgan fingerprint density at radius 2 is 2.06 bits per heavy atom. The summed E-state index contributed by atoms with van der Waals surface area (Å²) < 4.78 is 1.75. The summed E-state index contributed by atoms with van der Waals surface area (Å²) in [6.45, 7) is 0.470. The standard InChI is InChI=1S/C12H15N3O/c13-7-6-12(16)10-8-14-15(9-10)11-4-2-1-3-5-11/h1-5,8-9,12,16H,6-7,13H2/t12-/m1/s1. The fourth-order valence-corrected chi connectivity index (χ4v) is 1.56. The molecule has 0 saturated carbocycles. The van der Waals surface area contributed by atoms with Gasteiger partial charge in [-0.2, -0.15) is 5.10 Å². The molecular formula is C12H15N3O. The van der Waals surface area contributed by atoms with Crippen LogP contribution in [0.1, 0.15) is 18.1 Å². The van der Waals surface area contributed by atoms with Crippen molar-refractivity contribution >= 4 is 0 Å². The fourth-order valence-electron chi connectivity index (χ4n) is 1.56. The number of para-hydroxylation sites is 1. The van der Waals surface area contributed by atoms with Crippen molar-refractivity contribution < 1.29 is 5.11 Å². The summed E-state index contributed by atoms with van der Waals surface area (Å²) in [5.41, 5.74) is 7.18. The Hall–Kier alpha value is -1.65. The summed E-state index contributed by atoms with van der Waals surface area (Å²) in [7, 11) is 0. The lowest BCUT2D eigenvalue weighted by atomic mass is 10.1. The van der Waals surface area contributed by atoms with Crippen LogP contribution in [0.4, 0.5) is 0 Å². The summed E-state index contributed by atoms with van der Waals surface area (Å²) in [5, 5.41) is 14.0. The van der Waals surface area contributed by atoms with Crippen molar-refractivity contribution in [1.82, 2.24) is 9.78 Å². The molecule has 16 heavy (non-hydrogen) atoms. The Kier molecular flexibility index (Phi) is 3.34. The van der Waals surface area contributed by atoms with Crippen molar-refractivity contribution in [2.45, 2.75) is 12.5 Å². The lowest BCUT2D eigenvalue weighted by Gasteiger charge is -2.05. The summed E-state index contributed by atoms with van der Waals surface area (Å²) in [6, 6.07) is 9.79. The molecule has 0 spiro atoms. The summed E-state index contributed by atoms with van der Waals surface area (Å²) >= 11 is 0. The highest BCUT2D eigenvalue weighted by molar-refractivity contribution is 5.31. The van der Waals surface area contributed by atoms with Gasteiger partial charge in [0.1, 0.15) is 0 Å². The highest BCUT2D eigenvalue weighted by Gasteiger charge is 2.09. The van der Waals surface area contributed by atoms with Crippen LogP contribution in [0.25, 0.3) is 5.69 Å². The van der Waals surface area contributed by atoms with Gasteiger partial charge >= 0.3 is 0 Å². The van der Waals surface area contributed by atoms with Crippen LogP contribution in [0.15, 0.2) is 42.7 Å². The van der Waals surface area contributed by atoms with Gasteiger partial charge in [0.25, 0.3) is 0 Å². The van der Waals surface area contributed by atoms with Gasteiger partial charge in [-0.25, -0.2) is 4.68 Å². The molecule has 3 N–H and O–H groups in total. The Balaban J connectivity index is 2.20. The molecule has 2 aromatic rings. The molecule has 0 aliphatic carbocycles. The van der Waals surface area contributed by atoms with E-state index in [9.17, 15) is 5.11 Å². The molecule has 0 radical (unpaired) electrons. The Morgan fingerprint density at radius 1 is 1.31 bits per heavy atom. The molecule has 1 heterocycles. The Bertz CT molecular complexity index is 439. The van der Waals surface area contributed by atoms with E-state index < -0.39 is 6.10 Å². The van der Waals surface area contributed by atoms with Crippen molar-refractivity contribution in [2.24, 2.45) is 5.73 Å². The largest absolute Gasteiger partial charge is 0.388 e. The first kappa shape index (κ1) is 10.9. The van der Waals surface area contributed by atoms with Crippen molar-refractivity contribution in [3.63, 3.8) is 0 Å². The Labute approximate surface area is 94.3 Å². The zero-order valence-electron chi connectivity index (χ0n) is 8.95. The van der Waals surface area contributed by atoms with Crippen LogP contribution in [0.5, 0.6) is 0 Å². The second-order valence-corrected chi connectivity index (χ2v) is 3.65. The number of hydrogen-bond donors (Lipinski definition) is 2. The number of nitrogens with zero attached hydrogens (tertiary/aromatic N) is 2.